The zero-order chi connectivity index (χ0) is 14.0. The fourth-order valence-corrected chi connectivity index (χ4v) is 2.39. The molecule has 19 heavy (non-hydrogen) atoms. The van der Waals surface area contributed by atoms with Gasteiger partial charge in [-0.15, -0.1) is 0 Å². The molecule has 104 valence electrons. The minimum atomic E-state index is -1.13. The third-order valence-electron chi connectivity index (χ3n) is 3.59. The number of carboxylic acids is 1. The summed E-state index contributed by atoms with van der Waals surface area (Å²) in [4.78, 5) is 29.1. The van der Waals surface area contributed by atoms with Crippen LogP contribution in [0.1, 0.15) is 30.3 Å². The van der Waals surface area contributed by atoms with Crippen LogP contribution in [0.15, 0.2) is 12.5 Å². The van der Waals surface area contributed by atoms with Gasteiger partial charge in [0.1, 0.15) is 11.2 Å². The van der Waals surface area contributed by atoms with Gasteiger partial charge in [-0.3, -0.25) is 4.79 Å². The first-order chi connectivity index (χ1) is 8.99. The molecule has 1 aliphatic heterocycles. The molecule has 7 heteroatoms. The molecule has 1 aliphatic rings. The summed E-state index contributed by atoms with van der Waals surface area (Å²) in [6.45, 7) is 3.07. The van der Waals surface area contributed by atoms with Gasteiger partial charge in [-0.05, 0) is 19.8 Å². The molecule has 7 nitrogen and oxygen atoms in total. The van der Waals surface area contributed by atoms with Gasteiger partial charge in [0.25, 0.3) is 5.91 Å². The van der Waals surface area contributed by atoms with Crippen LogP contribution in [0.5, 0.6) is 0 Å². The van der Waals surface area contributed by atoms with Gasteiger partial charge in [0, 0.05) is 25.8 Å². The molecule has 3 N–H and O–H groups in total. The lowest BCUT2D eigenvalue weighted by Gasteiger charge is -2.30. The molecule has 0 spiro atoms. The van der Waals surface area contributed by atoms with Gasteiger partial charge in [-0.1, -0.05) is 0 Å². The first kappa shape index (κ1) is 13.5. The number of carbonyl (C=O) groups excluding carboxylic acids is 1. The van der Waals surface area contributed by atoms with E-state index >= 15 is 0 Å². The van der Waals surface area contributed by atoms with Gasteiger partial charge in [0.2, 0.25) is 0 Å². The molecule has 1 unspecified atom stereocenters. The number of aliphatic carboxylic acids is 1. The van der Waals surface area contributed by atoms with Crippen molar-refractivity contribution in [3.05, 3.63) is 18.2 Å². The van der Waals surface area contributed by atoms with E-state index in [0.29, 0.717) is 32.5 Å². The normalized spacial score (nSPS) is 22.7. The van der Waals surface area contributed by atoms with Crippen molar-refractivity contribution >= 4 is 11.9 Å². The summed E-state index contributed by atoms with van der Waals surface area (Å²) >= 11 is 0. The molecule has 0 radical (unpaired) electrons. The maximum Gasteiger partial charge on any atom is 0.329 e. The largest absolute Gasteiger partial charge is 0.480 e. The van der Waals surface area contributed by atoms with E-state index in [1.54, 1.807) is 17.7 Å². The van der Waals surface area contributed by atoms with Crippen LogP contribution >= 0.6 is 0 Å². The number of carbonyl (C=O) groups is 2. The lowest BCUT2D eigenvalue weighted by molar-refractivity contribution is -0.147. The number of rotatable bonds is 4. The summed E-state index contributed by atoms with van der Waals surface area (Å²) in [6, 6.07) is 0. The van der Waals surface area contributed by atoms with Crippen molar-refractivity contribution in [1.29, 1.82) is 0 Å². The minimum absolute atomic E-state index is 0.267. The average molecular weight is 266 g/mol. The molecule has 1 aromatic rings. The molecule has 2 rings (SSSR count). The minimum Gasteiger partial charge on any atom is -0.480 e. The van der Waals surface area contributed by atoms with Crippen LogP contribution in [0.3, 0.4) is 0 Å². The third kappa shape index (κ3) is 2.33. The Hall–Kier alpha value is -1.89. The first-order valence-corrected chi connectivity index (χ1v) is 6.26. The number of nitrogens with zero attached hydrogens (tertiary/aromatic N) is 3. The Morgan fingerprint density at radius 3 is 2.95 bits per heavy atom. The fraction of sp³-hybridized carbons (Fsp3) is 0.583. The van der Waals surface area contributed by atoms with E-state index in [1.807, 2.05) is 0 Å². The third-order valence-corrected chi connectivity index (χ3v) is 3.59. The predicted octanol–water partition coefficient (Wildman–Crippen LogP) is -0.0789. The molecule has 1 amide bonds. The highest BCUT2D eigenvalue weighted by Crippen LogP contribution is 2.30. The summed E-state index contributed by atoms with van der Waals surface area (Å²) in [5.74, 6) is -1.31. The van der Waals surface area contributed by atoms with Crippen LogP contribution in [0, 0.1) is 0 Å². The topological polar surface area (TPSA) is 101 Å². The predicted molar refractivity (Wildman–Crippen MR) is 67.6 cm³/mol. The van der Waals surface area contributed by atoms with Crippen molar-refractivity contribution in [2.75, 3.05) is 13.1 Å². The molecular weight excluding hydrogens is 248 g/mol. The molecule has 1 atom stereocenters. The van der Waals surface area contributed by atoms with E-state index in [4.69, 9.17) is 5.73 Å². The second-order valence-electron chi connectivity index (χ2n) is 4.92. The Morgan fingerprint density at radius 2 is 2.32 bits per heavy atom. The maximum atomic E-state index is 12.3. The second kappa shape index (κ2) is 5.00. The van der Waals surface area contributed by atoms with Crippen LogP contribution in [-0.2, 0) is 11.3 Å². The van der Waals surface area contributed by atoms with E-state index in [1.165, 1.54) is 11.2 Å². The zero-order valence-electron chi connectivity index (χ0n) is 10.9. The van der Waals surface area contributed by atoms with Crippen molar-refractivity contribution in [3.63, 3.8) is 0 Å². The van der Waals surface area contributed by atoms with E-state index in [0.717, 1.165) is 0 Å². The highest BCUT2D eigenvalue weighted by atomic mass is 16.4. The van der Waals surface area contributed by atoms with Crippen molar-refractivity contribution in [2.24, 2.45) is 5.73 Å². The van der Waals surface area contributed by atoms with E-state index < -0.39 is 11.5 Å². The summed E-state index contributed by atoms with van der Waals surface area (Å²) in [7, 11) is 0. The monoisotopic (exact) mass is 266 g/mol. The Kier molecular flexibility index (Phi) is 3.57. The Labute approximate surface area is 111 Å². The molecule has 2 heterocycles. The van der Waals surface area contributed by atoms with Gasteiger partial charge in [0.05, 0.1) is 6.33 Å². The molecule has 1 fully saturated rings. The Morgan fingerprint density at radius 1 is 1.58 bits per heavy atom. The molecule has 0 aromatic carbocycles. The molecule has 1 saturated heterocycles. The van der Waals surface area contributed by atoms with Crippen molar-refractivity contribution in [2.45, 2.75) is 31.8 Å². The number of hydrogen-bond acceptors (Lipinski definition) is 4. The van der Waals surface area contributed by atoms with Gasteiger partial charge in [-0.25, -0.2) is 9.78 Å². The van der Waals surface area contributed by atoms with Crippen LogP contribution in [0.2, 0.25) is 0 Å². The number of aromatic nitrogens is 2. The summed E-state index contributed by atoms with van der Waals surface area (Å²) < 4.78 is 1.72. The number of imidazole rings is 1. The Bertz CT molecular complexity index is 499. The molecular formula is C12H18N4O3. The highest BCUT2D eigenvalue weighted by Gasteiger charge is 2.46. The van der Waals surface area contributed by atoms with Gasteiger partial charge in [-0.2, -0.15) is 0 Å². The van der Waals surface area contributed by atoms with E-state index in [9.17, 15) is 14.7 Å². The molecule has 0 bridgehead atoms. The summed E-state index contributed by atoms with van der Waals surface area (Å²) in [6.07, 6.45) is 4.31. The van der Waals surface area contributed by atoms with Crippen LogP contribution in [0.25, 0.3) is 0 Å². The van der Waals surface area contributed by atoms with Gasteiger partial charge >= 0.3 is 5.97 Å². The molecule has 0 saturated carbocycles. The molecule has 1 aromatic heterocycles. The molecule has 0 aliphatic carbocycles. The number of hydrogen-bond donors (Lipinski definition) is 2. The average Bonchev–Trinajstić information content (AvgIpc) is 2.96. The standard InChI is InChI=1S/C12H18N4O3/c1-12(11(18)19)3-2-5-16(12)10(17)9-7-15(6-4-13)8-14-9/h7-8H,2-6,13H2,1H3,(H,18,19). The SMILES string of the molecule is CC1(C(=O)O)CCCN1C(=O)c1cn(CCN)cn1. The number of amides is 1. The highest BCUT2D eigenvalue weighted by molar-refractivity contribution is 5.96. The lowest BCUT2D eigenvalue weighted by Crippen LogP contribution is -2.50. The fourth-order valence-electron chi connectivity index (χ4n) is 2.39. The van der Waals surface area contributed by atoms with E-state index in [-0.39, 0.29) is 11.6 Å². The van der Waals surface area contributed by atoms with Crippen molar-refractivity contribution < 1.29 is 14.7 Å². The summed E-state index contributed by atoms with van der Waals surface area (Å²) in [5, 5.41) is 9.29. The van der Waals surface area contributed by atoms with Gasteiger partial charge < -0.3 is 20.3 Å². The van der Waals surface area contributed by atoms with Crippen molar-refractivity contribution in [1.82, 2.24) is 14.5 Å². The van der Waals surface area contributed by atoms with E-state index in [2.05, 4.69) is 4.98 Å². The number of nitrogens with two attached hydrogens (primary N) is 1. The Balaban J connectivity index is 2.20. The second-order valence-corrected chi connectivity index (χ2v) is 4.92. The van der Waals surface area contributed by atoms with Crippen LogP contribution in [-0.4, -0.2) is 50.1 Å². The van der Waals surface area contributed by atoms with Gasteiger partial charge in [0.15, 0.2) is 0 Å². The van der Waals surface area contributed by atoms with Crippen LogP contribution < -0.4 is 5.73 Å². The number of likely N-dealkylation sites (tertiary alicyclic amines) is 1. The summed E-state index contributed by atoms with van der Waals surface area (Å²) in [5.41, 5.74) is 4.57. The first-order valence-electron chi connectivity index (χ1n) is 6.26. The smallest absolute Gasteiger partial charge is 0.329 e. The van der Waals surface area contributed by atoms with Crippen LogP contribution in [0.4, 0.5) is 0 Å². The lowest BCUT2D eigenvalue weighted by atomic mass is 9.99. The zero-order valence-corrected chi connectivity index (χ0v) is 10.9. The quantitative estimate of drug-likeness (QED) is 0.793. The van der Waals surface area contributed by atoms with Crippen molar-refractivity contribution in [3.8, 4) is 0 Å². The maximum absolute atomic E-state index is 12.3. The number of carboxylic acid groups (broad SMARTS) is 1.